The predicted octanol–water partition coefficient (Wildman–Crippen LogP) is 4.44. The SMILES string of the molecule is CC1(c2cc(-c3cccc(C(F)(F)F)c3)on2)C=CC=CC1C(=O)O. The minimum absolute atomic E-state index is 0.148. The van der Waals surface area contributed by atoms with Crippen LogP contribution < -0.4 is 0 Å². The van der Waals surface area contributed by atoms with Crippen molar-refractivity contribution < 1.29 is 27.6 Å². The number of nitrogens with zero attached hydrogens (tertiary/aromatic N) is 1. The van der Waals surface area contributed by atoms with E-state index >= 15 is 0 Å². The van der Waals surface area contributed by atoms with Gasteiger partial charge in [-0.3, -0.25) is 4.79 Å². The van der Waals surface area contributed by atoms with Gasteiger partial charge in [0.15, 0.2) is 5.76 Å². The van der Waals surface area contributed by atoms with Crippen molar-refractivity contribution in [3.8, 4) is 11.3 Å². The van der Waals surface area contributed by atoms with Crippen LogP contribution in [0.1, 0.15) is 18.2 Å². The fourth-order valence-corrected chi connectivity index (χ4v) is 2.83. The lowest BCUT2D eigenvalue weighted by Crippen LogP contribution is -2.35. The van der Waals surface area contributed by atoms with Crippen LogP contribution in [-0.2, 0) is 16.4 Å². The van der Waals surface area contributed by atoms with Gasteiger partial charge in [-0.25, -0.2) is 0 Å². The molecule has 4 nitrogen and oxygen atoms in total. The Morgan fingerprint density at radius 2 is 2.04 bits per heavy atom. The Labute approximate surface area is 141 Å². The lowest BCUT2D eigenvalue weighted by Gasteiger charge is -2.30. The highest BCUT2D eigenvalue weighted by molar-refractivity contribution is 5.76. The average Bonchev–Trinajstić information content (AvgIpc) is 3.05. The zero-order valence-corrected chi connectivity index (χ0v) is 13.1. The Morgan fingerprint density at radius 1 is 1.28 bits per heavy atom. The third-order valence-corrected chi connectivity index (χ3v) is 4.31. The molecule has 1 aromatic carbocycles. The Balaban J connectivity index is 1.99. The van der Waals surface area contributed by atoms with Crippen molar-refractivity contribution in [2.24, 2.45) is 5.92 Å². The molecule has 0 saturated heterocycles. The molecule has 1 aliphatic carbocycles. The summed E-state index contributed by atoms with van der Waals surface area (Å²) in [5, 5.41) is 13.3. The summed E-state index contributed by atoms with van der Waals surface area (Å²) >= 11 is 0. The first-order chi connectivity index (χ1) is 11.7. The van der Waals surface area contributed by atoms with E-state index in [1.165, 1.54) is 18.2 Å². The molecule has 1 aromatic heterocycles. The van der Waals surface area contributed by atoms with E-state index in [0.717, 1.165) is 12.1 Å². The maximum atomic E-state index is 12.9. The van der Waals surface area contributed by atoms with E-state index < -0.39 is 29.0 Å². The van der Waals surface area contributed by atoms with Gasteiger partial charge in [-0.05, 0) is 19.1 Å². The van der Waals surface area contributed by atoms with Gasteiger partial charge < -0.3 is 9.63 Å². The van der Waals surface area contributed by atoms with E-state index in [9.17, 15) is 23.1 Å². The Hall–Kier alpha value is -2.83. The summed E-state index contributed by atoms with van der Waals surface area (Å²) in [7, 11) is 0. The first-order valence-corrected chi connectivity index (χ1v) is 7.45. The number of aromatic nitrogens is 1. The highest BCUT2D eigenvalue weighted by Gasteiger charge is 2.41. The number of rotatable bonds is 3. The molecule has 0 bridgehead atoms. The summed E-state index contributed by atoms with van der Waals surface area (Å²) in [4.78, 5) is 11.5. The smallest absolute Gasteiger partial charge is 0.416 e. The largest absolute Gasteiger partial charge is 0.481 e. The van der Waals surface area contributed by atoms with Gasteiger partial charge in [-0.2, -0.15) is 13.2 Å². The minimum atomic E-state index is -4.46. The number of carboxylic acid groups (broad SMARTS) is 1. The van der Waals surface area contributed by atoms with Gasteiger partial charge in [-0.15, -0.1) is 0 Å². The summed E-state index contributed by atoms with van der Waals surface area (Å²) in [5.74, 6) is -1.72. The molecular weight excluding hydrogens is 335 g/mol. The number of allylic oxidation sites excluding steroid dienone is 3. The molecule has 1 N–H and O–H groups in total. The monoisotopic (exact) mass is 349 g/mol. The second-order valence-electron chi connectivity index (χ2n) is 6.00. The lowest BCUT2D eigenvalue weighted by atomic mass is 9.72. The van der Waals surface area contributed by atoms with Crippen LogP contribution in [0.25, 0.3) is 11.3 Å². The normalized spacial score (nSPS) is 23.0. The Morgan fingerprint density at radius 3 is 2.72 bits per heavy atom. The number of carbonyl (C=O) groups is 1. The van der Waals surface area contributed by atoms with Gasteiger partial charge in [-0.1, -0.05) is 41.6 Å². The van der Waals surface area contributed by atoms with Crippen LogP contribution in [0.4, 0.5) is 13.2 Å². The van der Waals surface area contributed by atoms with E-state index in [-0.39, 0.29) is 11.3 Å². The van der Waals surface area contributed by atoms with E-state index in [1.54, 1.807) is 31.2 Å². The van der Waals surface area contributed by atoms with Crippen LogP contribution >= 0.6 is 0 Å². The number of benzene rings is 1. The Bertz CT molecular complexity index is 866. The first kappa shape index (κ1) is 17.0. The number of alkyl halides is 3. The molecule has 1 heterocycles. The van der Waals surface area contributed by atoms with Crippen molar-refractivity contribution in [2.75, 3.05) is 0 Å². The molecule has 0 spiro atoms. The molecule has 0 radical (unpaired) electrons. The van der Waals surface area contributed by atoms with Crippen molar-refractivity contribution in [1.82, 2.24) is 5.16 Å². The maximum Gasteiger partial charge on any atom is 0.416 e. The summed E-state index contributed by atoms with van der Waals surface area (Å²) in [6.45, 7) is 1.69. The van der Waals surface area contributed by atoms with Crippen molar-refractivity contribution >= 4 is 5.97 Å². The third kappa shape index (κ3) is 3.09. The van der Waals surface area contributed by atoms with Crippen LogP contribution in [0.3, 0.4) is 0 Å². The maximum absolute atomic E-state index is 12.9. The fraction of sp³-hybridized carbons (Fsp3) is 0.222. The zero-order chi connectivity index (χ0) is 18.2. The van der Waals surface area contributed by atoms with Crippen LogP contribution in [0.5, 0.6) is 0 Å². The molecule has 130 valence electrons. The van der Waals surface area contributed by atoms with Gasteiger partial charge >= 0.3 is 12.1 Å². The summed E-state index contributed by atoms with van der Waals surface area (Å²) < 4.78 is 43.8. The van der Waals surface area contributed by atoms with Gasteiger partial charge in [0, 0.05) is 17.0 Å². The summed E-state index contributed by atoms with van der Waals surface area (Å²) in [6.07, 6.45) is 2.11. The van der Waals surface area contributed by atoms with E-state index in [4.69, 9.17) is 4.52 Å². The van der Waals surface area contributed by atoms with Gasteiger partial charge in [0.2, 0.25) is 0 Å². The van der Waals surface area contributed by atoms with Crippen molar-refractivity contribution in [3.05, 3.63) is 65.9 Å². The molecule has 0 fully saturated rings. The van der Waals surface area contributed by atoms with Crippen molar-refractivity contribution in [3.63, 3.8) is 0 Å². The molecule has 0 amide bonds. The number of carboxylic acids is 1. The van der Waals surface area contributed by atoms with Gasteiger partial charge in [0.25, 0.3) is 0 Å². The first-order valence-electron chi connectivity index (χ1n) is 7.45. The summed E-state index contributed by atoms with van der Waals surface area (Å²) in [6, 6.07) is 6.18. The molecule has 0 aliphatic heterocycles. The highest BCUT2D eigenvalue weighted by atomic mass is 19.4. The number of halogens is 3. The molecule has 1 aliphatic rings. The van der Waals surface area contributed by atoms with Gasteiger partial charge in [0.05, 0.1) is 17.2 Å². The molecule has 7 heteroatoms. The Kier molecular flexibility index (Phi) is 4.02. The van der Waals surface area contributed by atoms with Gasteiger partial charge in [0.1, 0.15) is 0 Å². The molecular formula is C18H14F3NO3. The van der Waals surface area contributed by atoms with Crippen LogP contribution in [-0.4, -0.2) is 16.2 Å². The molecule has 2 aromatic rings. The van der Waals surface area contributed by atoms with E-state index in [0.29, 0.717) is 5.69 Å². The molecule has 2 atom stereocenters. The summed E-state index contributed by atoms with van der Waals surface area (Å²) in [5.41, 5.74) is -1.19. The zero-order valence-electron chi connectivity index (χ0n) is 13.1. The average molecular weight is 349 g/mol. The molecule has 2 unspecified atom stereocenters. The van der Waals surface area contributed by atoms with E-state index in [2.05, 4.69) is 5.16 Å². The van der Waals surface area contributed by atoms with Crippen molar-refractivity contribution in [2.45, 2.75) is 18.5 Å². The minimum Gasteiger partial charge on any atom is -0.481 e. The highest BCUT2D eigenvalue weighted by Crippen LogP contribution is 2.39. The van der Waals surface area contributed by atoms with Crippen LogP contribution in [0, 0.1) is 5.92 Å². The molecule has 0 saturated carbocycles. The fourth-order valence-electron chi connectivity index (χ4n) is 2.83. The standard InChI is InChI=1S/C18H14F3NO3/c1-17(8-3-2-7-13(17)16(23)24)15-10-14(25-22-15)11-5-4-6-12(9-11)18(19,20)21/h2-10,13H,1H3,(H,23,24). The number of aliphatic carboxylic acids is 1. The quantitative estimate of drug-likeness (QED) is 0.889. The predicted molar refractivity (Wildman–Crippen MR) is 83.7 cm³/mol. The van der Waals surface area contributed by atoms with Crippen molar-refractivity contribution in [1.29, 1.82) is 0 Å². The molecule has 3 rings (SSSR count). The third-order valence-electron chi connectivity index (χ3n) is 4.31. The topological polar surface area (TPSA) is 63.3 Å². The number of hydrogen-bond donors (Lipinski definition) is 1. The number of hydrogen-bond acceptors (Lipinski definition) is 3. The van der Waals surface area contributed by atoms with E-state index in [1.807, 2.05) is 0 Å². The van der Waals surface area contributed by atoms with Crippen LogP contribution in [0.15, 0.2) is 59.2 Å². The second kappa shape index (κ2) is 5.91. The second-order valence-corrected chi connectivity index (χ2v) is 6.00. The van der Waals surface area contributed by atoms with Crippen LogP contribution in [0.2, 0.25) is 0 Å². The lowest BCUT2D eigenvalue weighted by molar-refractivity contribution is -0.141. The molecule has 25 heavy (non-hydrogen) atoms.